The quantitative estimate of drug-likeness (QED) is 0.545. The highest BCUT2D eigenvalue weighted by Crippen LogP contribution is 2.33. The van der Waals surface area contributed by atoms with Gasteiger partial charge in [-0.3, -0.25) is 0 Å². The fraction of sp³-hybridized carbons (Fsp3) is 0.632. The molecule has 7 heteroatoms. The molecule has 3 rings (SSSR count). The summed E-state index contributed by atoms with van der Waals surface area (Å²) in [5.41, 5.74) is 2.58. The Bertz CT molecular complexity index is 620. The molecule has 2 aliphatic heterocycles. The molecule has 0 atom stereocenters. The first-order valence-electron chi connectivity index (χ1n) is 9.39. The first-order valence-corrected chi connectivity index (χ1v) is 9.80. The van der Waals surface area contributed by atoms with Crippen LogP contribution in [0.4, 0.5) is 0 Å². The summed E-state index contributed by atoms with van der Waals surface area (Å²) in [4.78, 5) is 3.88. The molecule has 144 valence electrons. The number of benzene rings is 1. The summed E-state index contributed by atoms with van der Waals surface area (Å²) in [7, 11) is 3.35. The number of nitrogens with one attached hydrogen (secondary N) is 2. The lowest BCUT2D eigenvalue weighted by Gasteiger charge is -2.32. The summed E-state index contributed by atoms with van der Waals surface area (Å²) in [5.74, 6) is 1.58. The molecule has 1 aromatic carbocycles. The third-order valence-electron chi connectivity index (χ3n) is 5.19. The van der Waals surface area contributed by atoms with Crippen LogP contribution in [-0.2, 0) is 17.7 Å². The van der Waals surface area contributed by atoms with Crippen LogP contribution in [0.15, 0.2) is 12.1 Å². The Balaban J connectivity index is 1.47. The number of ether oxygens (including phenoxy) is 3. The Hall–Kier alpha value is -1.57. The van der Waals surface area contributed by atoms with Crippen LogP contribution in [-0.4, -0.2) is 70.2 Å². The molecule has 0 radical (unpaired) electrons. The maximum absolute atomic E-state index is 5.61. The van der Waals surface area contributed by atoms with E-state index in [0.717, 1.165) is 75.4 Å². The van der Waals surface area contributed by atoms with Gasteiger partial charge < -0.3 is 29.3 Å². The Kier molecular flexibility index (Phi) is 6.93. The molecule has 1 aromatic rings. The van der Waals surface area contributed by atoms with Gasteiger partial charge in [0.05, 0.1) is 34.0 Å². The van der Waals surface area contributed by atoms with E-state index in [1.165, 1.54) is 17.7 Å². The van der Waals surface area contributed by atoms with Crippen molar-refractivity contribution >= 4 is 17.3 Å². The molecular formula is C19H30N3O3S+. The van der Waals surface area contributed by atoms with Crippen LogP contribution in [0.5, 0.6) is 11.5 Å². The highest BCUT2D eigenvalue weighted by Gasteiger charge is 2.21. The van der Waals surface area contributed by atoms with Crippen molar-refractivity contribution in [1.82, 2.24) is 10.2 Å². The number of quaternary nitrogens is 1. The summed E-state index contributed by atoms with van der Waals surface area (Å²) in [6.45, 7) is 7.89. The van der Waals surface area contributed by atoms with Crippen LogP contribution in [0.25, 0.3) is 0 Å². The van der Waals surface area contributed by atoms with Crippen molar-refractivity contribution in [2.45, 2.75) is 19.4 Å². The molecule has 6 nitrogen and oxygen atoms in total. The number of fused-ring (bicyclic) bond motifs is 1. The molecule has 0 bridgehead atoms. The minimum absolute atomic E-state index is 0.778. The van der Waals surface area contributed by atoms with Crippen LogP contribution in [0, 0.1) is 0 Å². The van der Waals surface area contributed by atoms with E-state index in [-0.39, 0.29) is 0 Å². The van der Waals surface area contributed by atoms with Crippen LogP contribution < -0.4 is 19.7 Å². The van der Waals surface area contributed by atoms with Gasteiger partial charge in [0.1, 0.15) is 13.1 Å². The van der Waals surface area contributed by atoms with Crippen LogP contribution in [0.1, 0.15) is 17.5 Å². The zero-order valence-electron chi connectivity index (χ0n) is 15.8. The van der Waals surface area contributed by atoms with Crippen molar-refractivity contribution in [2.75, 3.05) is 60.2 Å². The lowest BCUT2D eigenvalue weighted by molar-refractivity contribution is -0.908. The van der Waals surface area contributed by atoms with Gasteiger partial charge in [-0.05, 0) is 41.9 Å². The van der Waals surface area contributed by atoms with Gasteiger partial charge in [-0.25, -0.2) is 0 Å². The third kappa shape index (κ3) is 4.78. The van der Waals surface area contributed by atoms with Crippen molar-refractivity contribution in [3.8, 4) is 11.5 Å². The highest BCUT2D eigenvalue weighted by molar-refractivity contribution is 7.80. The van der Waals surface area contributed by atoms with Crippen molar-refractivity contribution in [1.29, 1.82) is 0 Å². The largest absolute Gasteiger partial charge is 0.493 e. The van der Waals surface area contributed by atoms with E-state index in [2.05, 4.69) is 22.3 Å². The van der Waals surface area contributed by atoms with Gasteiger partial charge in [0.15, 0.2) is 16.6 Å². The molecule has 1 saturated heterocycles. The maximum Gasteiger partial charge on any atom is 0.169 e. The lowest BCUT2D eigenvalue weighted by Crippen LogP contribution is -3.14. The molecule has 2 aliphatic rings. The molecule has 0 aromatic heterocycles. The average molecular weight is 381 g/mol. The molecule has 0 aliphatic carbocycles. The van der Waals surface area contributed by atoms with Gasteiger partial charge in [-0.15, -0.1) is 0 Å². The van der Waals surface area contributed by atoms with E-state index in [0.29, 0.717) is 0 Å². The SMILES string of the molecule is COc1cc2c(cc1OC)CN(C(=S)NCCC[NH+]1CCOCC1)CC2. The number of morpholine rings is 1. The van der Waals surface area contributed by atoms with Crippen molar-refractivity contribution < 1.29 is 19.1 Å². The number of hydrogen-bond acceptors (Lipinski definition) is 4. The van der Waals surface area contributed by atoms with E-state index < -0.39 is 0 Å². The first-order chi connectivity index (χ1) is 12.7. The molecule has 2 heterocycles. The number of thiocarbonyl (C=S) groups is 1. The minimum Gasteiger partial charge on any atom is -0.493 e. The number of methoxy groups -OCH3 is 2. The average Bonchev–Trinajstić information content (AvgIpc) is 2.70. The van der Waals surface area contributed by atoms with Gasteiger partial charge in [0.25, 0.3) is 0 Å². The van der Waals surface area contributed by atoms with E-state index in [4.69, 9.17) is 26.4 Å². The van der Waals surface area contributed by atoms with Gasteiger partial charge in [-0.1, -0.05) is 0 Å². The summed E-state index contributed by atoms with van der Waals surface area (Å²) < 4.78 is 16.2. The van der Waals surface area contributed by atoms with Crippen LogP contribution >= 0.6 is 12.2 Å². The molecule has 1 fully saturated rings. The van der Waals surface area contributed by atoms with Gasteiger partial charge >= 0.3 is 0 Å². The Morgan fingerprint density at radius 2 is 1.88 bits per heavy atom. The van der Waals surface area contributed by atoms with Gasteiger partial charge in [0.2, 0.25) is 0 Å². The molecule has 26 heavy (non-hydrogen) atoms. The molecular weight excluding hydrogens is 350 g/mol. The molecule has 0 spiro atoms. The predicted molar refractivity (Wildman–Crippen MR) is 105 cm³/mol. The predicted octanol–water partition coefficient (Wildman–Crippen LogP) is 0.242. The number of rotatable bonds is 6. The molecule has 0 saturated carbocycles. The number of hydrogen-bond donors (Lipinski definition) is 2. The van der Waals surface area contributed by atoms with Crippen LogP contribution in [0.3, 0.4) is 0 Å². The van der Waals surface area contributed by atoms with E-state index in [9.17, 15) is 0 Å². The zero-order valence-corrected chi connectivity index (χ0v) is 16.6. The molecule has 2 N–H and O–H groups in total. The van der Waals surface area contributed by atoms with Gasteiger partial charge in [-0.2, -0.15) is 0 Å². The van der Waals surface area contributed by atoms with Crippen molar-refractivity contribution in [3.63, 3.8) is 0 Å². The first kappa shape index (κ1) is 19.2. The van der Waals surface area contributed by atoms with Gasteiger partial charge in [0, 0.05) is 26.1 Å². The third-order valence-corrected chi connectivity index (χ3v) is 5.59. The fourth-order valence-corrected chi connectivity index (χ4v) is 3.87. The van der Waals surface area contributed by atoms with Crippen LogP contribution in [0.2, 0.25) is 0 Å². The Morgan fingerprint density at radius 1 is 1.19 bits per heavy atom. The second kappa shape index (κ2) is 9.39. The monoisotopic (exact) mass is 380 g/mol. The maximum atomic E-state index is 5.61. The standard InChI is InChI=1S/C19H29N3O3S/c1-23-17-12-15-4-7-22(14-16(15)13-18(17)24-2)19(26)20-5-3-6-21-8-10-25-11-9-21/h12-13H,3-11,14H2,1-2H3,(H,20,26)/p+1. The molecule has 0 unspecified atom stereocenters. The second-order valence-electron chi connectivity index (χ2n) is 6.85. The molecule has 0 amide bonds. The number of nitrogens with zero attached hydrogens (tertiary/aromatic N) is 1. The van der Waals surface area contributed by atoms with Crippen molar-refractivity contribution in [3.05, 3.63) is 23.3 Å². The topological polar surface area (TPSA) is 47.4 Å². The summed E-state index contributed by atoms with van der Waals surface area (Å²) >= 11 is 5.61. The summed E-state index contributed by atoms with van der Waals surface area (Å²) in [6.07, 6.45) is 2.10. The summed E-state index contributed by atoms with van der Waals surface area (Å²) in [6, 6.07) is 4.16. The Labute approximate surface area is 161 Å². The second-order valence-corrected chi connectivity index (χ2v) is 7.23. The smallest absolute Gasteiger partial charge is 0.169 e. The van der Waals surface area contributed by atoms with E-state index >= 15 is 0 Å². The Morgan fingerprint density at radius 3 is 2.58 bits per heavy atom. The lowest BCUT2D eigenvalue weighted by atomic mass is 9.99. The summed E-state index contributed by atoms with van der Waals surface area (Å²) in [5, 5.41) is 4.28. The zero-order chi connectivity index (χ0) is 18.4. The van der Waals surface area contributed by atoms with E-state index in [1.807, 2.05) is 0 Å². The van der Waals surface area contributed by atoms with Crippen molar-refractivity contribution in [2.24, 2.45) is 0 Å². The van der Waals surface area contributed by atoms with E-state index in [1.54, 1.807) is 19.1 Å². The fourth-order valence-electron chi connectivity index (χ4n) is 3.61. The highest BCUT2D eigenvalue weighted by atomic mass is 32.1. The normalized spacial score (nSPS) is 17.5. The minimum atomic E-state index is 0.778.